The fourth-order valence-corrected chi connectivity index (χ4v) is 2.23. The van der Waals surface area contributed by atoms with Crippen LogP contribution in [0.4, 0.5) is 4.39 Å². The van der Waals surface area contributed by atoms with Crippen molar-refractivity contribution in [1.29, 1.82) is 0 Å². The van der Waals surface area contributed by atoms with Gasteiger partial charge in [-0.1, -0.05) is 26.0 Å². The summed E-state index contributed by atoms with van der Waals surface area (Å²) in [7, 11) is 1.53. The van der Waals surface area contributed by atoms with E-state index in [9.17, 15) is 9.18 Å². The average Bonchev–Trinajstić information content (AvgIpc) is 2.60. The third-order valence-electron chi connectivity index (χ3n) is 3.61. The van der Waals surface area contributed by atoms with Gasteiger partial charge in [-0.05, 0) is 30.2 Å². The summed E-state index contributed by atoms with van der Waals surface area (Å²) >= 11 is 0. The van der Waals surface area contributed by atoms with Gasteiger partial charge in [0.2, 0.25) is 0 Å². The van der Waals surface area contributed by atoms with E-state index in [1.54, 1.807) is 37.3 Å². The van der Waals surface area contributed by atoms with E-state index in [-0.39, 0.29) is 24.8 Å². The number of esters is 1. The molecule has 2 rings (SSSR count). The highest BCUT2D eigenvalue weighted by molar-refractivity contribution is 5.72. The van der Waals surface area contributed by atoms with Crippen molar-refractivity contribution in [3.63, 3.8) is 0 Å². The van der Waals surface area contributed by atoms with Crippen molar-refractivity contribution in [3.8, 4) is 17.2 Å². The molecule has 24 heavy (non-hydrogen) atoms. The molecule has 4 nitrogen and oxygen atoms in total. The third kappa shape index (κ3) is 4.25. The first-order chi connectivity index (χ1) is 11.6. The minimum absolute atomic E-state index is 0.0985. The van der Waals surface area contributed by atoms with Gasteiger partial charge < -0.3 is 14.2 Å². The van der Waals surface area contributed by atoms with Gasteiger partial charge in [0.25, 0.3) is 0 Å². The second-order valence-electron chi connectivity index (χ2n) is 5.16. The molecule has 2 aromatic carbocycles. The van der Waals surface area contributed by atoms with Gasteiger partial charge >= 0.3 is 5.97 Å². The van der Waals surface area contributed by atoms with E-state index in [0.717, 1.165) is 0 Å². The van der Waals surface area contributed by atoms with Crippen molar-refractivity contribution in [2.45, 2.75) is 33.3 Å². The van der Waals surface area contributed by atoms with Crippen molar-refractivity contribution in [2.75, 3.05) is 7.11 Å². The van der Waals surface area contributed by atoms with Crippen LogP contribution in [0.15, 0.2) is 36.4 Å². The van der Waals surface area contributed by atoms with Crippen LogP contribution in [0.5, 0.6) is 17.2 Å². The Labute approximate surface area is 141 Å². The lowest BCUT2D eigenvalue weighted by atomic mass is 10.1. The Bertz CT molecular complexity index is 713. The van der Waals surface area contributed by atoms with E-state index in [4.69, 9.17) is 14.2 Å². The van der Waals surface area contributed by atoms with Crippen LogP contribution in [-0.2, 0) is 17.8 Å². The van der Waals surface area contributed by atoms with E-state index in [0.29, 0.717) is 34.8 Å². The summed E-state index contributed by atoms with van der Waals surface area (Å²) in [4.78, 5) is 11.6. The van der Waals surface area contributed by atoms with Crippen LogP contribution in [0.1, 0.15) is 31.4 Å². The minimum atomic E-state index is -0.345. The van der Waals surface area contributed by atoms with Crippen molar-refractivity contribution in [1.82, 2.24) is 0 Å². The Hall–Kier alpha value is -2.56. The van der Waals surface area contributed by atoms with Gasteiger partial charge in [0, 0.05) is 12.5 Å². The molecule has 2 aromatic rings. The lowest BCUT2D eigenvalue weighted by Gasteiger charge is -2.15. The average molecular weight is 332 g/mol. The van der Waals surface area contributed by atoms with Crippen LogP contribution >= 0.6 is 0 Å². The van der Waals surface area contributed by atoms with E-state index in [1.165, 1.54) is 13.2 Å². The maximum absolute atomic E-state index is 13.8. The molecule has 0 heterocycles. The van der Waals surface area contributed by atoms with Crippen molar-refractivity contribution >= 4 is 5.97 Å². The molecule has 0 fully saturated rings. The van der Waals surface area contributed by atoms with E-state index < -0.39 is 0 Å². The third-order valence-corrected chi connectivity index (χ3v) is 3.61. The van der Waals surface area contributed by atoms with Gasteiger partial charge in [-0.25, -0.2) is 4.39 Å². The molecule has 5 heteroatoms. The Kier molecular flexibility index (Phi) is 6.18. The maximum atomic E-state index is 13.8. The van der Waals surface area contributed by atoms with Gasteiger partial charge in [-0.2, -0.15) is 0 Å². The smallest absolute Gasteiger partial charge is 0.310 e. The van der Waals surface area contributed by atoms with Crippen molar-refractivity contribution in [2.24, 2.45) is 0 Å². The molecule has 0 saturated carbocycles. The number of ether oxygens (including phenoxy) is 3. The van der Waals surface area contributed by atoms with Crippen LogP contribution in [0.25, 0.3) is 0 Å². The molecule has 0 aliphatic rings. The lowest BCUT2D eigenvalue weighted by molar-refractivity contribution is -0.134. The zero-order chi connectivity index (χ0) is 17.5. The molecule has 0 unspecified atom stereocenters. The molecule has 0 aliphatic heterocycles. The number of methoxy groups -OCH3 is 1. The standard InChI is InChI=1S/C19H21FO4/c1-4-13-9-10-14(11-16(13)20)23-12-15-17(22-3)7-6-8-18(15)24-19(21)5-2/h6-11H,4-5,12H2,1-3H3. The van der Waals surface area contributed by atoms with E-state index >= 15 is 0 Å². The molecule has 0 atom stereocenters. The molecule has 0 N–H and O–H groups in total. The highest BCUT2D eigenvalue weighted by atomic mass is 19.1. The molecule has 0 saturated heterocycles. The number of hydrogen-bond acceptors (Lipinski definition) is 4. The first-order valence-electron chi connectivity index (χ1n) is 7.86. The minimum Gasteiger partial charge on any atom is -0.496 e. The van der Waals surface area contributed by atoms with Crippen molar-refractivity contribution < 1.29 is 23.4 Å². The predicted octanol–water partition coefficient (Wildman–Crippen LogP) is 4.29. The molecule has 0 amide bonds. The normalized spacial score (nSPS) is 10.3. The van der Waals surface area contributed by atoms with Gasteiger partial charge in [-0.3, -0.25) is 4.79 Å². The molecule has 0 spiro atoms. The maximum Gasteiger partial charge on any atom is 0.310 e. The van der Waals surface area contributed by atoms with Gasteiger partial charge in [-0.15, -0.1) is 0 Å². The molecular formula is C19H21FO4. The summed E-state index contributed by atoms with van der Waals surface area (Å²) in [5, 5.41) is 0. The van der Waals surface area contributed by atoms with Gasteiger partial charge in [0.1, 0.15) is 29.7 Å². The Morgan fingerprint density at radius 3 is 2.50 bits per heavy atom. The Balaban J connectivity index is 2.21. The largest absolute Gasteiger partial charge is 0.496 e. The number of benzene rings is 2. The van der Waals surface area contributed by atoms with Crippen LogP contribution in [0.3, 0.4) is 0 Å². The fraction of sp³-hybridized carbons (Fsp3) is 0.316. The van der Waals surface area contributed by atoms with Crippen LogP contribution < -0.4 is 14.2 Å². The summed E-state index contributed by atoms with van der Waals surface area (Å²) in [6.45, 7) is 3.71. The summed E-state index contributed by atoms with van der Waals surface area (Å²) in [5.74, 6) is 0.688. The van der Waals surface area contributed by atoms with E-state index in [1.807, 2.05) is 6.92 Å². The molecule has 0 radical (unpaired) electrons. The molecule has 0 bridgehead atoms. The molecular weight excluding hydrogens is 311 g/mol. The quantitative estimate of drug-likeness (QED) is 0.560. The highest BCUT2D eigenvalue weighted by Gasteiger charge is 2.14. The molecule has 0 aromatic heterocycles. The number of halogens is 1. The Morgan fingerprint density at radius 2 is 1.88 bits per heavy atom. The zero-order valence-corrected chi connectivity index (χ0v) is 14.1. The topological polar surface area (TPSA) is 44.8 Å². The number of carbonyl (C=O) groups is 1. The summed E-state index contributed by atoms with van der Waals surface area (Å²) in [6.07, 6.45) is 0.886. The number of carbonyl (C=O) groups excluding carboxylic acids is 1. The van der Waals surface area contributed by atoms with Crippen LogP contribution in [-0.4, -0.2) is 13.1 Å². The van der Waals surface area contributed by atoms with Gasteiger partial charge in [0.15, 0.2) is 0 Å². The van der Waals surface area contributed by atoms with Crippen LogP contribution in [0, 0.1) is 5.82 Å². The SMILES string of the molecule is CCC(=O)Oc1cccc(OC)c1COc1ccc(CC)c(F)c1. The second kappa shape index (κ2) is 8.34. The first kappa shape index (κ1) is 17.8. The number of rotatable bonds is 7. The van der Waals surface area contributed by atoms with Crippen LogP contribution in [0.2, 0.25) is 0 Å². The summed E-state index contributed by atoms with van der Waals surface area (Å²) in [5.41, 5.74) is 1.24. The fourth-order valence-electron chi connectivity index (χ4n) is 2.23. The molecule has 0 aliphatic carbocycles. The Morgan fingerprint density at radius 1 is 1.12 bits per heavy atom. The van der Waals surface area contributed by atoms with Gasteiger partial charge in [0.05, 0.1) is 12.7 Å². The van der Waals surface area contributed by atoms with E-state index in [2.05, 4.69) is 0 Å². The first-order valence-corrected chi connectivity index (χ1v) is 7.86. The lowest BCUT2D eigenvalue weighted by Crippen LogP contribution is -2.09. The zero-order valence-electron chi connectivity index (χ0n) is 14.1. The molecule has 128 valence electrons. The highest BCUT2D eigenvalue weighted by Crippen LogP contribution is 2.30. The summed E-state index contributed by atoms with van der Waals surface area (Å²) in [6, 6.07) is 9.93. The predicted molar refractivity (Wildman–Crippen MR) is 89.0 cm³/mol. The number of aryl methyl sites for hydroxylation is 1. The number of hydrogen-bond donors (Lipinski definition) is 0. The monoisotopic (exact) mass is 332 g/mol. The second-order valence-corrected chi connectivity index (χ2v) is 5.16. The summed E-state index contributed by atoms with van der Waals surface area (Å²) < 4.78 is 30.1. The van der Waals surface area contributed by atoms with Crippen molar-refractivity contribution in [3.05, 3.63) is 53.3 Å².